The fraction of sp³-hybridized carbons (Fsp3) is 0.353. The zero-order valence-corrected chi connectivity index (χ0v) is 13.1. The first-order valence-electron chi connectivity index (χ1n) is 7.61. The molecule has 1 atom stereocenters. The summed E-state index contributed by atoms with van der Waals surface area (Å²) in [6, 6.07) is 7.56. The number of nitrogen functional groups attached to an aromatic ring is 1. The van der Waals surface area contributed by atoms with Gasteiger partial charge in [-0.15, -0.1) is 0 Å². The van der Waals surface area contributed by atoms with Gasteiger partial charge in [-0.2, -0.15) is 0 Å². The molecule has 0 saturated heterocycles. The highest BCUT2D eigenvalue weighted by Crippen LogP contribution is 2.17. The summed E-state index contributed by atoms with van der Waals surface area (Å²) >= 11 is 0. The van der Waals surface area contributed by atoms with Crippen molar-refractivity contribution in [1.82, 2.24) is 5.32 Å². The number of cyclic esters (lactones) is 1. The lowest BCUT2D eigenvalue weighted by Gasteiger charge is -2.08. The summed E-state index contributed by atoms with van der Waals surface area (Å²) in [6.07, 6.45) is 4.23. The van der Waals surface area contributed by atoms with E-state index in [-0.39, 0.29) is 17.7 Å². The number of unbranched alkanes of at least 4 members (excludes halogenated alkanes) is 1. The van der Waals surface area contributed by atoms with E-state index in [0.717, 1.165) is 24.8 Å². The summed E-state index contributed by atoms with van der Waals surface area (Å²) in [5, 5.41) is 10.1. The molecule has 1 aliphatic rings. The molecule has 4 N–H and O–H groups in total. The lowest BCUT2D eigenvalue weighted by Crippen LogP contribution is -2.26. The molecular weight excluding hydrogens is 294 g/mol. The van der Waals surface area contributed by atoms with Crippen molar-refractivity contribution in [3.8, 4) is 0 Å². The highest BCUT2D eigenvalue weighted by Gasteiger charge is 2.26. The lowest BCUT2D eigenvalue weighted by molar-refractivity contribution is -0.138. The van der Waals surface area contributed by atoms with E-state index in [0.29, 0.717) is 17.7 Å². The van der Waals surface area contributed by atoms with Gasteiger partial charge in [-0.05, 0) is 31.7 Å². The number of carbonyl (C=O) groups excluding carboxylic acids is 2. The summed E-state index contributed by atoms with van der Waals surface area (Å²) in [6.45, 7) is 1.70. The Morgan fingerprint density at radius 1 is 1.30 bits per heavy atom. The summed E-state index contributed by atoms with van der Waals surface area (Å²) in [4.78, 5) is 23.0. The van der Waals surface area contributed by atoms with Crippen molar-refractivity contribution in [3.63, 3.8) is 0 Å². The third kappa shape index (κ3) is 4.67. The highest BCUT2D eigenvalue weighted by molar-refractivity contribution is 5.94. The van der Waals surface area contributed by atoms with Crippen molar-refractivity contribution < 1.29 is 14.3 Å². The van der Waals surface area contributed by atoms with Crippen LogP contribution in [-0.2, 0) is 20.7 Å². The summed E-state index contributed by atoms with van der Waals surface area (Å²) in [7, 11) is 0. The van der Waals surface area contributed by atoms with Crippen LogP contribution in [0.4, 0.5) is 0 Å². The molecule has 6 nitrogen and oxygen atoms in total. The van der Waals surface area contributed by atoms with Crippen LogP contribution in [0.1, 0.15) is 37.3 Å². The van der Waals surface area contributed by atoms with Gasteiger partial charge in [0, 0.05) is 12.0 Å². The minimum absolute atomic E-state index is 0.0612. The van der Waals surface area contributed by atoms with Crippen molar-refractivity contribution in [2.24, 2.45) is 11.7 Å². The zero-order chi connectivity index (χ0) is 16.8. The summed E-state index contributed by atoms with van der Waals surface area (Å²) in [5.74, 6) is -0.785. The first-order chi connectivity index (χ1) is 11.0. The SMILES string of the molecule is CC1C(=O)OC=C1NC(=O)CCCCc1ccc(C(=N)N)cc1. The Morgan fingerprint density at radius 3 is 2.57 bits per heavy atom. The van der Waals surface area contributed by atoms with Crippen LogP contribution < -0.4 is 11.1 Å². The van der Waals surface area contributed by atoms with E-state index < -0.39 is 5.92 Å². The number of hydrogen-bond donors (Lipinski definition) is 3. The highest BCUT2D eigenvalue weighted by atomic mass is 16.5. The number of amides is 1. The molecule has 6 heteroatoms. The molecular formula is C17H21N3O3. The Bertz CT molecular complexity index is 635. The molecule has 1 heterocycles. The topological polar surface area (TPSA) is 105 Å². The molecule has 0 aromatic heterocycles. The Morgan fingerprint density at radius 2 is 2.00 bits per heavy atom. The maximum Gasteiger partial charge on any atom is 0.319 e. The number of benzene rings is 1. The average molecular weight is 315 g/mol. The molecule has 0 bridgehead atoms. The van der Waals surface area contributed by atoms with E-state index in [2.05, 4.69) is 5.32 Å². The number of ether oxygens (including phenoxy) is 1. The molecule has 1 unspecified atom stereocenters. The molecule has 1 amide bonds. The monoisotopic (exact) mass is 315 g/mol. The largest absolute Gasteiger partial charge is 0.432 e. The zero-order valence-electron chi connectivity index (χ0n) is 13.1. The number of nitrogens with two attached hydrogens (primary N) is 1. The molecule has 0 radical (unpaired) electrons. The lowest BCUT2D eigenvalue weighted by atomic mass is 10.0. The Hall–Kier alpha value is -2.63. The second-order valence-electron chi connectivity index (χ2n) is 5.60. The fourth-order valence-corrected chi connectivity index (χ4v) is 2.28. The second kappa shape index (κ2) is 7.58. The van der Waals surface area contributed by atoms with Crippen LogP contribution in [0.5, 0.6) is 0 Å². The first kappa shape index (κ1) is 16.7. The van der Waals surface area contributed by atoms with Gasteiger partial charge in [0.1, 0.15) is 12.1 Å². The predicted octanol–water partition coefficient (Wildman–Crippen LogP) is 1.83. The Kier molecular flexibility index (Phi) is 5.51. The van der Waals surface area contributed by atoms with Crippen LogP contribution in [0.3, 0.4) is 0 Å². The van der Waals surface area contributed by atoms with E-state index in [1.54, 1.807) is 6.92 Å². The summed E-state index contributed by atoms with van der Waals surface area (Å²) in [5.41, 5.74) is 7.80. The van der Waals surface area contributed by atoms with E-state index >= 15 is 0 Å². The normalized spacial score (nSPS) is 16.7. The molecule has 0 fully saturated rings. The molecule has 0 saturated carbocycles. The third-order valence-electron chi connectivity index (χ3n) is 3.79. The number of rotatable bonds is 7. The van der Waals surface area contributed by atoms with Gasteiger partial charge in [-0.3, -0.25) is 15.0 Å². The van der Waals surface area contributed by atoms with Crippen molar-refractivity contribution in [2.75, 3.05) is 0 Å². The number of carbonyl (C=O) groups is 2. The van der Waals surface area contributed by atoms with Crippen molar-refractivity contribution in [3.05, 3.63) is 47.4 Å². The number of amidine groups is 1. The van der Waals surface area contributed by atoms with Gasteiger partial charge in [-0.1, -0.05) is 24.3 Å². The maximum atomic E-state index is 11.8. The van der Waals surface area contributed by atoms with Gasteiger partial charge in [0.05, 0.1) is 11.6 Å². The molecule has 0 aliphatic carbocycles. The minimum Gasteiger partial charge on any atom is -0.432 e. The standard InChI is InChI=1S/C17H21N3O3/c1-11-14(10-23-17(11)22)20-15(21)5-3-2-4-12-6-8-13(9-7-12)16(18)19/h6-11H,2-5H2,1H3,(H3,18,19)(H,20,21). The van der Waals surface area contributed by atoms with Crippen LogP contribution in [0.15, 0.2) is 36.2 Å². The second-order valence-corrected chi connectivity index (χ2v) is 5.60. The Balaban J connectivity index is 1.68. The van der Waals surface area contributed by atoms with Crippen molar-refractivity contribution in [1.29, 1.82) is 5.41 Å². The van der Waals surface area contributed by atoms with E-state index in [4.69, 9.17) is 15.9 Å². The van der Waals surface area contributed by atoms with Crippen LogP contribution in [0.2, 0.25) is 0 Å². The van der Waals surface area contributed by atoms with Gasteiger partial charge in [0.2, 0.25) is 5.91 Å². The Labute approximate surface area is 135 Å². The number of nitrogens with one attached hydrogen (secondary N) is 2. The van der Waals surface area contributed by atoms with Crippen molar-refractivity contribution >= 4 is 17.7 Å². The molecule has 23 heavy (non-hydrogen) atoms. The predicted molar refractivity (Wildman–Crippen MR) is 86.5 cm³/mol. The molecule has 0 spiro atoms. The first-order valence-corrected chi connectivity index (χ1v) is 7.61. The van der Waals surface area contributed by atoms with E-state index in [9.17, 15) is 9.59 Å². The minimum atomic E-state index is -0.404. The van der Waals surface area contributed by atoms with Crippen molar-refractivity contribution in [2.45, 2.75) is 32.6 Å². The average Bonchev–Trinajstić information content (AvgIpc) is 2.84. The maximum absolute atomic E-state index is 11.8. The van der Waals surface area contributed by atoms with Crippen LogP contribution in [0.25, 0.3) is 0 Å². The molecule has 1 aromatic carbocycles. The fourth-order valence-electron chi connectivity index (χ4n) is 2.28. The molecule has 122 valence electrons. The molecule has 1 aliphatic heterocycles. The van der Waals surface area contributed by atoms with E-state index in [1.807, 2.05) is 24.3 Å². The number of esters is 1. The van der Waals surface area contributed by atoms with Gasteiger partial charge in [0.25, 0.3) is 0 Å². The van der Waals surface area contributed by atoms with Crippen LogP contribution >= 0.6 is 0 Å². The number of aryl methyl sites for hydroxylation is 1. The smallest absolute Gasteiger partial charge is 0.319 e. The van der Waals surface area contributed by atoms with Gasteiger partial charge in [0.15, 0.2) is 0 Å². The van der Waals surface area contributed by atoms with Crippen LogP contribution in [0, 0.1) is 11.3 Å². The summed E-state index contributed by atoms with van der Waals surface area (Å²) < 4.78 is 4.75. The van der Waals surface area contributed by atoms with Gasteiger partial charge in [-0.25, -0.2) is 0 Å². The van der Waals surface area contributed by atoms with Gasteiger partial charge >= 0.3 is 5.97 Å². The third-order valence-corrected chi connectivity index (χ3v) is 3.79. The number of hydrogen-bond acceptors (Lipinski definition) is 4. The van der Waals surface area contributed by atoms with Gasteiger partial charge < -0.3 is 15.8 Å². The quantitative estimate of drug-likeness (QED) is 0.309. The van der Waals surface area contributed by atoms with Crippen LogP contribution in [-0.4, -0.2) is 17.7 Å². The van der Waals surface area contributed by atoms with E-state index in [1.165, 1.54) is 6.26 Å². The molecule has 2 rings (SSSR count). The molecule has 1 aromatic rings.